The number of pyridine rings is 1. The fourth-order valence-electron chi connectivity index (χ4n) is 3.90. The lowest BCUT2D eigenvalue weighted by molar-refractivity contribution is 0.0906. The summed E-state index contributed by atoms with van der Waals surface area (Å²) in [6, 6.07) is 10.1. The van der Waals surface area contributed by atoms with Gasteiger partial charge in [0.1, 0.15) is 0 Å². The zero-order valence-electron chi connectivity index (χ0n) is 17.2. The number of H-pyrrole nitrogens is 1. The Morgan fingerprint density at radius 3 is 2.79 bits per heavy atom. The van der Waals surface area contributed by atoms with Gasteiger partial charge in [0.05, 0.1) is 5.52 Å². The van der Waals surface area contributed by atoms with Gasteiger partial charge in [0, 0.05) is 42.5 Å². The second-order valence-electron chi connectivity index (χ2n) is 8.35. The molecule has 3 aromatic rings. The van der Waals surface area contributed by atoms with Crippen LogP contribution in [-0.2, 0) is 0 Å². The van der Waals surface area contributed by atoms with Gasteiger partial charge in [0.15, 0.2) is 5.69 Å². The Hall–Kier alpha value is -2.73. The molecule has 1 aromatic carbocycles. The Balaban J connectivity index is 1.43. The number of rotatable bonds is 6. The lowest BCUT2D eigenvalue weighted by atomic mass is 10.0. The minimum atomic E-state index is -0.0970. The average Bonchev–Trinajstić information content (AvgIpc) is 3.17. The van der Waals surface area contributed by atoms with Crippen LogP contribution in [0.1, 0.15) is 43.6 Å². The number of aromatic amines is 1. The van der Waals surface area contributed by atoms with Gasteiger partial charge in [0.2, 0.25) is 0 Å². The number of hydrogen-bond acceptors (Lipinski definition) is 4. The summed E-state index contributed by atoms with van der Waals surface area (Å²) in [6.07, 6.45) is 6.80. The summed E-state index contributed by atoms with van der Waals surface area (Å²) in [5.41, 5.74) is 3.38. The zero-order chi connectivity index (χ0) is 20.2. The van der Waals surface area contributed by atoms with E-state index in [0.29, 0.717) is 5.69 Å². The van der Waals surface area contributed by atoms with Crippen LogP contribution < -0.4 is 5.32 Å². The van der Waals surface area contributed by atoms with E-state index < -0.39 is 0 Å². The molecule has 4 rings (SSSR count). The fraction of sp³-hybridized carbons (Fsp3) is 0.435. The van der Waals surface area contributed by atoms with Crippen molar-refractivity contribution >= 4 is 16.8 Å². The molecule has 3 heterocycles. The van der Waals surface area contributed by atoms with E-state index in [9.17, 15) is 4.79 Å². The lowest BCUT2D eigenvalue weighted by Gasteiger charge is -2.32. The summed E-state index contributed by atoms with van der Waals surface area (Å²) in [7, 11) is 0. The van der Waals surface area contributed by atoms with Crippen molar-refractivity contribution in [3.63, 3.8) is 0 Å². The Morgan fingerprint density at radius 2 is 2.07 bits per heavy atom. The van der Waals surface area contributed by atoms with E-state index in [1.807, 2.05) is 36.5 Å². The molecule has 0 spiro atoms. The van der Waals surface area contributed by atoms with Crippen LogP contribution in [0, 0.1) is 5.92 Å². The van der Waals surface area contributed by atoms with Crippen molar-refractivity contribution in [3.05, 3.63) is 48.4 Å². The van der Waals surface area contributed by atoms with Gasteiger partial charge >= 0.3 is 0 Å². The number of fused-ring (bicyclic) bond motifs is 1. The Labute approximate surface area is 171 Å². The van der Waals surface area contributed by atoms with Crippen molar-refractivity contribution in [1.29, 1.82) is 0 Å². The van der Waals surface area contributed by atoms with Crippen molar-refractivity contribution in [2.24, 2.45) is 5.92 Å². The first-order valence-corrected chi connectivity index (χ1v) is 10.5. The second kappa shape index (κ2) is 8.74. The quantitative estimate of drug-likeness (QED) is 0.669. The van der Waals surface area contributed by atoms with Crippen molar-refractivity contribution < 1.29 is 4.79 Å². The molecule has 0 bridgehead atoms. The number of carbonyl (C=O) groups is 1. The highest BCUT2D eigenvalue weighted by Crippen LogP contribution is 2.25. The lowest BCUT2D eigenvalue weighted by Crippen LogP contribution is -2.45. The average molecular weight is 392 g/mol. The molecule has 1 fully saturated rings. The highest BCUT2D eigenvalue weighted by molar-refractivity contribution is 6.05. The topological polar surface area (TPSA) is 73.9 Å². The SMILES string of the molecule is CC(C)CCN1CCC(NC(=O)c2n[nH]c3ccc(-c4cccnc4)cc23)CC1. The smallest absolute Gasteiger partial charge is 0.272 e. The minimum Gasteiger partial charge on any atom is -0.348 e. The van der Waals surface area contributed by atoms with Gasteiger partial charge in [-0.2, -0.15) is 5.10 Å². The van der Waals surface area contributed by atoms with Crippen LogP contribution in [0.25, 0.3) is 22.0 Å². The summed E-state index contributed by atoms with van der Waals surface area (Å²) in [6.45, 7) is 7.77. The fourth-order valence-corrected chi connectivity index (χ4v) is 3.90. The first kappa shape index (κ1) is 19.6. The van der Waals surface area contributed by atoms with Gasteiger partial charge in [-0.3, -0.25) is 14.9 Å². The number of aromatic nitrogens is 3. The predicted octanol–water partition coefficient (Wildman–Crippen LogP) is 3.87. The molecule has 6 heteroatoms. The van der Waals surface area contributed by atoms with Crippen LogP contribution in [-0.4, -0.2) is 51.7 Å². The summed E-state index contributed by atoms with van der Waals surface area (Å²) in [4.78, 5) is 19.6. The predicted molar refractivity (Wildman–Crippen MR) is 116 cm³/mol. The van der Waals surface area contributed by atoms with Crippen LogP contribution in [0.3, 0.4) is 0 Å². The van der Waals surface area contributed by atoms with Gasteiger partial charge in [-0.25, -0.2) is 0 Å². The molecule has 1 saturated heterocycles. The largest absolute Gasteiger partial charge is 0.348 e. The van der Waals surface area contributed by atoms with Crippen molar-refractivity contribution in [2.75, 3.05) is 19.6 Å². The standard InChI is InChI=1S/C23H29N5O/c1-16(2)7-11-28-12-8-19(9-13-28)25-23(29)22-20-14-17(5-6-21(20)26-27-22)18-4-3-10-24-15-18/h3-6,10,14-16,19H,7-9,11-13H2,1-2H3,(H,25,29)(H,26,27). The summed E-state index contributed by atoms with van der Waals surface area (Å²) in [5, 5.41) is 11.3. The van der Waals surface area contributed by atoms with E-state index in [1.54, 1.807) is 6.20 Å². The molecule has 2 aromatic heterocycles. The maximum absolute atomic E-state index is 12.9. The van der Waals surface area contributed by atoms with Gasteiger partial charge in [0.25, 0.3) is 5.91 Å². The zero-order valence-corrected chi connectivity index (χ0v) is 17.2. The highest BCUT2D eigenvalue weighted by atomic mass is 16.2. The number of benzene rings is 1. The number of piperidine rings is 1. The van der Waals surface area contributed by atoms with Crippen molar-refractivity contribution in [2.45, 2.75) is 39.2 Å². The molecule has 0 radical (unpaired) electrons. The number of likely N-dealkylation sites (tertiary alicyclic amines) is 1. The van der Waals surface area contributed by atoms with Crippen LogP contribution >= 0.6 is 0 Å². The van der Waals surface area contributed by atoms with E-state index in [1.165, 1.54) is 6.42 Å². The number of hydrogen-bond donors (Lipinski definition) is 2. The van der Waals surface area contributed by atoms with Crippen molar-refractivity contribution in [3.8, 4) is 11.1 Å². The molecule has 6 nitrogen and oxygen atoms in total. The van der Waals surface area contributed by atoms with E-state index >= 15 is 0 Å². The molecular weight excluding hydrogens is 362 g/mol. The second-order valence-corrected chi connectivity index (χ2v) is 8.35. The maximum atomic E-state index is 12.9. The molecule has 1 aliphatic rings. The van der Waals surface area contributed by atoms with E-state index in [-0.39, 0.29) is 11.9 Å². The first-order chi connectivity index (χ1) is 14.1. The Kier molecular flexibility index (Phi) is 5.90. The monoisotopic (exact) mass is 391 g/mol. The molecule has 1 amide bonds. The van der Waals surface area contributed by atoms with Gasteiger partial charge in [-0.15, -0.1) is 0 Å². The van der Waals surface area contributed by atoms with E-state index in [4.69, 9.17) is 0 Å². The molecule has 152 valence electrons. The Morgan fingerprint density at radius 1 is 1.24 bits per heavy atom. The molecule has 0 aliphatic carbocycles. The molecule has 2 N–H and O–H groups in total. The van der Waals surface area contributed by atoms with Crippen LogP contribution in [0.15, 0.2) is 42.7 Å². The molecule has 1 aliphatic heterocycles. The number of carbonyl (C=O) groups excluding carboxylic acids is 1. The number of nitrogens with zero attached hydrogens (tertiary/aromatic N) is 3. The molecule has 0 unspecified atom stereocenters. The summed E-state index contributed by atoms with van der Waals surface area (Å²) >= 11 is 0. The first-order valence-electron chi connectivity index (χ1n) is 10.5. The van der Waals surface area contributed by atoms with E-state index in [2.05, 4.69) is 39.2 Å². The molecular formula is C23H29N5O. The maximum Gasteiger partial charge on any atom is 0.272 e. The van der Waals surface area contributed by atoms with Crippen LogP contribution in [0.4, 0.5) is 0 Å². The van der Waals surface area contributed by atoms with Gasteiger partial charge < -0.3 is 10.2 Å². The summed E-state index contributed by atoms with van der Waals surface area (Å²) in [5.74, 6) is 0.636. The number of nitrogens with one attached hydrogen (secondary N) is 2. The third kappa shape index (κ3) is 4.65. The van der Waals surface area contributed by atoms with Crippen LogP contribution in [0.5, 0.6) is 0 Å². The van der Waals surface area contributed by atoms with Crippen LogP contribution in [0.2, 0.25) is 0 Å². The molecule has 0 atom stereocenters. The minimum absolute atomic E-state index is 0.0970. The third-order valence-electron chi connectivity index (χ3n) is 5.72. The Bertz CT molecular complexity index is 958. The molecule has 29 heavy (non-hydrogen) atoms. The third-order valence-corrected chi connectivity index (χ3v) is 5.72. The van der Waals surface area contributed by atoms with Crippen molar-refractivity contribution in [1.82, 2.24) is 25.4 Å². The van der Waals surface area contributed by atoms with E-state index in [0.717, 1.165) is 60.4 Å². The molecule has 0 saturated carbocycles. The summed E-state index contributed by atoms with van der Waals surface area (Å²) < 4.78 is 0. The normalized spacial score (nSPS) is 15.8. The van der Waals surface area contributed by atoms with Gasteiger partial charge in [-0.05, 0) is 55.5 Å². The highest BCUT2D eigenvalue weighted by Gasteiger charge is 2.23. The van der Waals surface area contributed by atoms with Gasteiger partial charge in [-0.1, -0.05) is 26.0 Å². The number of amides is 1.